The van der Waals surface area contributed by atoms with Gasteiger partial charge in [0, 0.05) is 44.4 Å². The Balaban J connectivity index is 0.00000307. The van der Waals surface area contributed by atoms with Crippen molar-refractivity contribution in [2.45, 2.75) is 74.0 Å². The SMILES string of the molecule is CC.CCc1nc(C)oc1C(=O)Nc1nc2cc(C(N)=O)cc(OCCCNC)c2n1C/C=C/Cn1c2nc(-c3cc(C)nn3CC)ncc2c2nc(C(N)=O)cc(OC)c21. The van der Waals surface area contributed by atoms with Crippen molar-refractivity contribution in [3.63, 3.8) is 0 Å². The number of amides is 3. The molecule has 0 atom stereocenters. The highest BCUT2D eigenvalue weighted by molar-refractivity contribution is 6.08. The lowest BCUT2D eigenvalue weighted by atomic mass is 10.1. The standard InChI is InChI=1S/C40H45N13O6.C2H6/c1-7-25-34(59-22(4)45-25)39(56)49-40-47-26-17-23(35(41)54)18-30(58-15-11-12-43-5)32(26)52(40)14-10-9-13-51-33-29(57-6)19-27(36(42)55)46-31(33)24-20-44-37(48-38(24)51)28-16-21(3)50-53(28)8-2;1-2/h9-10,16-20,43H,7-8,11-15H2,1-6H3,(H2,41,54)(H2,42,55)(H,47,49,56);1-2H3/b10-9+;. The summed E-state index contributed by atoms with van der Waals surface area (Å²) in [6.07, 6.45) is 6.65. The lowest BCUT2D eigenvalue weighted by molar-refractivity contribution is 0.0986. The molecule has 0 aliphatic carbocycles. The van der Waals surface area contributed by atoms with Crippen LogP contribution in [-0.4, -0.2) is 88.9 Å². The Morgan fingerprint density at radius 1 is 0.918 bits per heavy atom. The van der Waals surface area contributed by atoms with E-state index < -0.39 is 17.7 Å². The second-order valence-corrected chi connectivity index (χ2v) is 13.6. The molecule has 19 nitrogen and oxygen atoms in total. The van der Waals surface area contributed by atoms with Crippen molar-refractivity contribution in [1.82, 2.24) is 49.2 Å². The summed E-state index contributed by atoms with van der Waals surface area (Å²) in [5.41, 5.74) is 16.2. The van der Waals surface area contributed by atoms with E-state index in [0.29, 0.717) is 94.5 Å². The monoisotopic (exact) mass is 833 g/mol. The largest absolute Gasteiger partial charge is 0.494 e. The Morgan fingerprint density at radius 2 is 1.67 bits per heavy atom. The zero-order valence-electron chi connectivity index (χ0n) is 35.6. The fourth-order valence-electron chi connectivity index (χ4n) is 6.96. The second kappa shape index (κ2) is 18.8. The molecule has 19 heteroatoms. The van der Waals surface area contributed by atoms with E-state index in [9.17, 15) is 14.4 Å². The summed E-state index contributed by atoms with van der Waals surface area (Å²) >= 11 is 0. The van der Waals surface area contributed by atoms with E-state index in [2.05, 4.69) is 30.7 Å². The minimum absolute atomic E-state index is 0.0317. The van der Waals surface area contributed by atoms with Gasteiger partial charge < -0.3 is 39.8 Å². The highest BCUT2D eigenvalue weighted by Crippen LogP contribution is 2.35. The Bertz CT molecular complexity index is 2780. The van der Waals surface area contributed by atoms with E-state index in [-0.39, 0.29) is 36.1 Å². The quantitative estimate of drug-likeness (QED) is 0.0689. The van der Waals surface area contributed by atoms with Gasteiger partial charge in [0.1, 0.15) is 45.1 Å². The van der Waals surface area contributed by atoms with Crippen molar-refractivity contribution in [2.75, 3.05) is 32.6 Å². The van der Waals surface area contributed by atoms with Gasteiger partial charge in [-0.05, 0) is 58.5 Å². The zero-order valence-corrected chi connectivity index (χ0v) is 35.6. The van der Waals surface area contributed by atoms with E-state index >= 15 is 0 Å². The Labute approximate surface area is 351 Å². The smallest absolute Gasteiger partial charge is 0.295 e. The molecule has 0 aliphatic heterocycles. The number of aromatic nitrogens is 9. The maximum atomic E-state index is 13.7. The number of nitrogens with zero attached hydrogens (tertiary/aromatic N) is 9. The first kappa shape index (κ1) is 43.4. The number of imidazole rings is 1. The summed E-state index contributed by atoms with van der Waals surface area (Å²) in [5, 5.41) is 11.1. The number of benzene rings is 1. The van der Waals surface area contributed by atoms with E-state index in [1.54, 1.807) is 29.8 Å². The minimum atomic E-state index is -0.709. The number of nitrogens with one attached hydrogen (secondary N) is 2. The van der Waals surface area contributed by atoms with Gasteiger partial charge in [0.2, 0.25) is 17.6 Å². The number of allylic oxidation sites excluding steroid dienone is 2. The molecule has 61 heavy (non-hydrogen) atoms. The van der Waals surface area contributed by atoms with Crippen molar-refractivity contribution >= 4 is 56.8 Å². The number of hydrogen-bond donors (Lipinski definition) is 4. The van der Waals surface area contributed by atoms with Gasteiger partial charge in [-0.25, -0.2) is 24.9 Å². The number of aryl methyl sites for hydroxylation is 4. The second-order valence-electron chi connectivity index (χ2n) is 13.6. The Morgan fingerprint density at radius 3 is 2.34 bits per heavy atom. The molecule has 0 spiro atoms. The molecule has 0 fully saturated rings. The highest BCUT2D eigenvalue weighted by atomic mass is 16.5. The molecule has 7 rings (SSSR count). The minimum Gasteiger partial charge on any atom is -0.494 e. The number of fused-ring (bicyclic) bond motifs is 4. The molecule has 6 heterocycles. The lowest BCUT2D eigenvalue weighted by Gasteiger charge is -2.13. The first-order chi connectivity index (χ1) is 29.5. The van der Waals surface area contributed by atoms with Gasteiger partial charge in [-0.15, -0.1) is 0 Å². The number of nitrogens with two attached hydrogens (primary N) is 2. The van der Waals surface area contributed by atoms with Crippen LogP contribution in [0.4, 0.5) is 5.95 Å². The van der Waals surface area contributed by atoms with Crippen molar-refractivity contribution < 1.29 is 28.3 Å². The summed E-state index contributed by atoms with van der Waals surface area (Å²) in [6.45, 7) is 13.6. The molecular weight excluding hydrogens is 783 g/mol. The van der Waals surface area contributed by atoms with Crippen LogP contribution >= 0.6 is 0 Å². The average Bonchev–Trinajstić information content (AvgIpc) is 4.02. The molecule has 0 bridgehead atoms. The third-order valence-electron chi connectivity index (χ3n) is 9.64. The molecule has 0 saturated carbocycles. The van der Waals surface area contributed by atoms with Gasteiger partial charge >= 0.3 is 0 Å². The zero-order chi connectivity index (χ0) is 44.0. The maximum absolute atomic E-state index is 13.7. The van der Waals surface area contributed by atoms with Crippen LogP contribution in [0.1, 0.15) is 82.8 Å². The first-order valence-corrected chi connectivity index (χ1v) is 20.1. The number of primary amides is 2. The normalized spacial score (nSPS) is 11.4. The summed E-state index contributed by atoms with van der Waals surface area (Å²) in [6, 6.07) is 6.56. The molecule has 0 radical (unpaired) electrons. The maximum Gasteiger partial charge on any atom is 0.295 e. The number of methoxy groups -OCH3 is 1. The van der Waals surface area contributed by atoms with Crippen LogP contribution in [0, 0.1) is 13.8 Å². The topological polar surface area (TPSA) is 251 Å². The molecule has 6 N–H and O–H groups in total. The molecular formula is C42H51N13O6. The number of anilines is 1. The fraction of sp³-hybridized carbons (Fsp3) is 0.357. The number of oxazole rings is 1. The Hall–Kier alpha value is -7.15. The summed E-state index contributed by atoms with van der Waals surface area (Å²) in [4.78, 5) is 61.8. The van der Waals surface area contributed by atoms with Gasteiger partial charge in [-0.2, -0.15) is 5.10 Å². The van der Waals surface area contributed by atoms with Crippen molar-refractivity contribution in [1.29, 1.82) is 0 Å². The third-order valence-corrected chi connectivity index (χ3v) is 9.64. The molecule has 6 aromatic heterocycles. The number of hydrogen-bond acceptors (Lipinski definition) is 13. The molecule has 0 unspecified atom stereocenters. The van der Waals surface area contributed by atoms with Crippen LogP contribution in [0.15, 0.2) is 47.0 Å². The summed E-state index contributed by atoms with van der Waals surface area (Å²) in [7, 11) is 3.35. The molecule has 0 aliphatic rings. The van der Waals surface area contributed by atoms with Crippen LogP contribution in [0.2, 0.25) is 0 Å². The third kappa shape index (κ3) is 8.77. The molecule has 1 aromatic carbocycles. The highest BCUT2D eigenvalue weighted by Gasteiger charge is 2.25. The van der Waals surface area contributed by atoms with Crippen LogP contribution in [-0.2, 0) is 26.1 Å². The van der Waals surface area contributed by atoms with Gasteiger partial charge in [-0.1, -0.05) is 32.9 Å². The van der Waals surface area contributed by atoms with Crippen LogP contribution in [0.5, 0.6) is 11.5 Å². The fourth-order valence-corrected chi connectivity index (χ4v) is 6.96. The summed E-state index contributed by atoms with van der Waals surface area (Å²) < 4.78 is 23.2. The van der Waals surface area contributed by atoms with E-state index in [1.165, 1.54) is 13.2 Å². The number of pyridine rings is 1. The lowest BCUT2D eigenvalue weighted by Crippen LogP contribution is -2.17. The molecule has 3 amide bonds. The Kier molecular flexibility index (Phi) is 13.4. The number of rotatable bonds is 17. The summed E-state index contributed by atoms with van der Waals surface area (Å²) in [5.74, 6) is -0.0945. The predicted molar refractivity (Wildman–Crippen MR) is 231 cm³/mol. The first-order valence-electron chi connectivity index (χ1n) is 20.1. The van der Waals surface area contributed by atoms with Gasteiger partial charge in [0.25, 0.3) is 11.8 Å². The molecule has 0 saturated heterocycles. The number of carbonyl (C=O) groups excluding carboxylic acids is 3. The predicted octanol–water partition coefficient (Wildman–Crippen LogP) is 5.11. The van der Waals surface area contributed by atoms with Crippen molar-refractivity contribution in [2.24, 2.45) is 11.5 Å². The molecule has 320 valence electrons. The van der Waals surface area contributed by atoms with Crippen LogP contribution in [0.25, 0.3) is 44.6 Å². The van der Waals surface area contributed by atoms with Crippen molar-refractivity contribution in [3.8, 4) is 23.0 Å². The average molecular weight is 834 g/mol. The van der Waals surface area contributed by atoms with Crippen LogP contribution in [0.3, 0.4) is 0 Å². The van der Waals surface area contributed by atoms with Gasteiger partial charge in [0.15, 0.2) is 11.7 Å². The van der Waals surface area contributed by atoms with E-state index in [4.69, 9.17) is 35.3 Å². The van der Waals surface area contributed by atoms with Gasteiger partial charge in [-0.3, -0.25) is 24.4 Å². The molecule has 7 aromatic rings. The van der Waals surface area contributed by atoms with E-state index in [1.807, 2.05) is 69.1 Å². The van der Waals surface area contributed by atoms with Gasteiger partial charge in [0.05, 0.1) is 36.0 Å². The number of ether oxygens (including phenoxy) is 2. The number of carbonyl (C=O) groups is 3. The van der Waals surface area contributed by atoms with Crippen molar-refractivity contribution in [3.05, 3.63) is 76.9 Å². The van der Waals surface area contributed by atoms with Crippen LogP contribution < -0.4 is 31.6 Å². The van der Waals surface area contributed by atoms with E-state index in [0.717, 1.165) is 11.4 Å².